The topological polar surface area (TPSA) is 33.2 Å². The fourth-order valence-electron chi connectivity index (χ4n) is 2.74. The van der Waals surface area contributed by atoms with Crippen LogP contribution in [0.4, 0.5) is 19.6 Å². The maximum Gasteiger partial charge on any atom is 0.230 e. The van der Waals surface area contributed by atoms with Gasteiger partial charge < -0.3 is 0 Å². The molecule has 3 rings (SSSR count). The summed E-state index contributed by atoms with van der Waals surface area (Å²) in [5, 5.41) is 2.48. The first-order valence-electron chi connectivity index (χ1n) is 8.26. The highest BCUT2D eigenvalue weighted by Gasteiger charge is 2.21. The number of aryl methyl sites for hydroxylation is 2. The number of hydrogen-bond acceptors (Lipinski definition) is 4. The largest absolute Gasteiger partial charge is 0.274 e. The van der Waals surface area contributed by atoms with E-state index in [2.05, 4.69) is 4.98 Å². The van der Waals surface area contributed by atoms with E-state index in [-0.39, 0.29) is 5.91 Å². The molecule has 1 amide bonds. The first kappa shape index (κ1) is 19.5. The zero-order valence-corrected chi connectivity index (χ0v) is 16.8. The lowest BCUT2D eigenvalue weighted by Gasteiger charge is -2.22. The molecule has 0 bridgehead atoms. The van der Waals surface area contributed by atoms with Crippen molar-refractivity contribution in [1.29, 1.82) is 0 Å². The molecule has 0 saturated heterocycles. The van der Waals surface area contributed by atoms with Crippen LogP contribution in [-0.4, -0.2) is 10.9 Å². The predicted molar refractivity (Wildman–Crippen MR) is 107 cm³/mol. The van der Waals surface area contributed by atoms with E-state index in [1.165, 1.54) is 42.2 Å². The molecule has 0 N–H and O–H groups in total. The molecule has 0 radical (unpaired) electrons. The summed E-state index contributed by atoms with van der Waals surface area (Å²) in [7, 11) is 0. The highest BCUT2D eigenvalue weighted by molar-refractivity contribution is 7.98. The Labute approximate surface area is 165 Å². The Morgan fingerprint density at radius 2 is 1.85 bits per heavy atom. The third-order valence-electron chi connectivity index (χ3n) is 3.99. The van der Waals surface area contributed by atoms with Crippen molar-refractivity contribution in [1.82, 2.24) is 4.98 Å². The summed E-state index contributed by atoms with van der Waals surface area (Å²) in [5.41, 5.74) is 3.62. The molecule has 0 aliphatic carbocycles. The van der Waals surface area contributed by atoms with Gasteiger partial charge in [0.25, 0.3) is 0 Å². The average molecular weight is 405 g/mol. The van der Waals surface area contributed by atoms with Gasteiger partial charge in [0, 0.05) is 23.0 Å². The zero-order chi connectivity index (χ0) is 19.6. The number of thioether (sulfide) groups is 1. The number of anilines is 2. The van der Waals surface area contributed by atoms with E-state index in [0.717, 1.165) is 28.6 Å². The molecule has 2 aromatic carbocycles. The van der Waals surface area contributed by atoms with Gasteiger partial charge in [0.1, 0.15) is 0 Å². The van der Waals surface area contributed by atoms with Crippen LogP contribution in [0.25, 0.3) is 0 Å². The van der Waals surface area contributed by atoms with Gasteiger partial charge in [-0.05, 0) is 43.2 Å². The standard InChI is InChI=1S/C20H18F2N2OS2/c1-12-5-4-6-13(2)19(12)24(14(3)25)20-23-15(11-27-20)10-26-16-7-8-17(21)18(22)9-16/h4-9,11H,10H2,1-3H3. The SMILES string of the molecule is CC(=O)N(c1nc(CSc2ccc(F)c(F)c2)cs1)c1c(C)cccc1C. The molecule has 1 heterocycles. The number of amides is 1. The minimum atomic E-state index is -0.864. The van der Waals surface area contributed by atoms with Crippen molar-refractivity contribution in [3.8, 4) is 0 Å². The van der Waals surface area contributed by atoms with E-state index in [1.807, 2.05) is 37.4 Å². The van der Waals surface area contributed by atoms with Crippen molar-refractivity contribution in [2.24, 2.45) is 0 Å². The quantitative estimate of drug-likeness (QED) is 0.488. The summed E-state index contributed by atoms with van der Waals surface area (Å²) in [6.45, 7) is 5.44. The number of hydrogen-bond donors (Lipinski definition) is 0. The molecule has 3 aromatic rings. The molecule has 3 nitrogen and oxygen atoms in total. The van der Waals surface area contributed by atoms with Gasteiger partial charge in [-0.15, -0.1) is 23.1 Å². The summed E-state index contributed by atoms with van der Waals surface area (Å²) >= 11 is 2.75. The third-order valence-corrected chi connectivity index (χ3v) is 5.89. The molecule has 0 fully saturated rings. The van der Waals surface area contributed by atoms with Crippen molar-refractivity contribution < 1.29 is 13.6 Å². The van der Waals surface area contributed by atoms with Crippen LogP contribution in [0.3, 0.4) is 0 Å². The van der Waals surface area contributed by atoms with Gasteiger partial charge in [-0.25, -0.2) is 13.8 Å². The second kappa shape index (κ2) is 8.19. The van der Waals surface area contributed by atoms with E-state index < -0.39 is 11.6 Å². The van der Waals surface area contributed by atoms with Gasteiger partial charge >= 0.3 is 0 Å². The normalized spacial score (nSPS) is 10.9. The highest BCUT2D eigenvalue weighted by Crippen LogP contribution is 2.35. The van der Waals surface area contributed by atoms with Gasteiger partial charge in [0.05, 0.1) is 11.4 Å². The minimum Gasteiger partial charge on any atom is -0.274 e. The second-order valence-corrected chi connectivity index (χ2v) is 7.97. The maximum atomic E-state index is 13.3. The Hall–Kier alpha value is -2.25. The van der Waals surface area contributed by atoms with Gasteiger partial charge in [-0.3, -0.25) is 9.69 Å². The van der Waals surface area contributed by atoms with Crippen LogP contribution in [0.1, 0.15) is 23.7 Å². The molecule has 7 heteroatoms. The number of halogens is 2. The van der Waals surface area contributed by atoms with E-state index in [9.17, 15) is 13.6 Å². The predicted octanol–water partition coefficient (Wildman–Crippen LogP) is 6.02. The number of carbonyl (C=O) groups is 1. The fraction of sp³-hybridized carbons (Fsp3) is 0.200. The molecular formula is C20H18F2N2OS2. The summed E-state index contributed by atoms with van der Waals surface area (Å²) in [5.74, 6) is -1.33. The first-order chi connectivity index (χ1) is 12.9. The van der Waals surface area contributed by atoms with Crippen molar-refractivity contribution in [2.45, 2.75) is 31.4 Å². The molecule has 0 aliphatic rings. The number of carbonyl (C=O) groups excluding carboxylic acids is 1. The summed E-state index contributed by atoms with van der Waals surface area (Å²) in [6, 6.07) is 9.71. The van der Waals surface area contributed by atoms with Crippen LogP contribution in [0, 0.1) is 25.5 Å². The van der Waals surface area contributed by atoms with Crippen molar-refractivity contribution >= 4 is 39.8 Å². The summed E-state index contributed by atoms with van der Waals surface area (Å²) in [6.07, 6.45) is 0. The van der Waals surface area contributed by atoms with Gasteiger partial charge in [0.2, 0.25) is 5.91 Å². The van der Waals surface area contributed by atoms with Gasteiger partial charge in [-0.2, -0.15) is 0 Å². The van der Waals surface area contributed by atoms with E-state index >= 15 is 0 Å². The molecule has 140 valence electrons. The third kappa shape index (κ3) is 4.36. The Balaban J connectivity index is 1.82. The Morgan fingerprint density at radius 3 is 2.48 bits per heavy atom. The van der Waals surface area contributed by atoms with Gasteiger partial charge in [0.15, 0.2) is 16.8 Å². The Kier molecular flexibility index (Phi) is 5.92. The summed E-state index contributed by atoms with van der Waals surface area (Å²) in [4.78, 5) is 19.2. The van der Waals surface area contributed by atoms with Gasteiger partial charge in [-0.1, -0.05) is 18.2 Å². The summed E-state index contributed by atoms with van der Waals surface area (Å²) < 4.78 is 26.3. The van der Waals surface area contributed by atoms with E-state index in [0.29, 0.717) is 15.8 Å². The lowest BCUT2D eigenvalue weighted by atomic mass is 10.1. The van der Waals surface area contributed by atoms with Crippen LogP contribution in [-0.2, 0) is 10.5 Å². The van der Waals surface area contributed by atoms with Crippen molar-refractivity contribution in [2.75, 3.05) is 4.90 Å². The number of nitrogens with zero attached hydrogens (tertiary/aromatic N) is 2. The zero-order valence-electron chi connectivity index (χ0n) is 15.1. The molecule has 1 aromatic heterocycles. The Morgan fingerprint density at radius 1 is 1.15 bits per heavy atom. The van der Waals surface area contributed by atoms with Crippen molar-refractivity contribution in [3.05, 3.63) is 70.2 Å². The molecule has 0 unspecified atom stereocenters. The first-order valence-corrected chi connectivity index (χ1v) is 10.1. The number of aromatic nitrogens is 1. The van der Waals surface area contributed by atoms with Crippen LogP contribution in [0.15, 0.2) is 46.7 Å². The molecule has 0 atom stereocenters. The number of para-hydroxylation sites is 1. The van der Waals surface area contributed by atoms with Crippen LogP contribution in [0.5, 0.6) is 0 Å². The second-order valence-electron chi connectivity index (χ2n) is 6.08. The lowest BCUT2D eigenvalue weighted by molar-refractivity contribution is -0.115. The lowest BCUT2D eigenvalue weighted by Crippen LogP contribution is -2.24. The monoisotopic (exact) mass is 404 g/mol. The number of rotatable bonds is 5. The fourth-order valence-corrected chi connectivity index (χ4v) is 4.53. The molecule has 0 saturated carbocycles. The number of thiazole rings is 1. The maximum absolute atomic E-state index is 13.3. The van der Waals surface area contributed by atoms with E-state index in [1.54, 1.807) is 4.90 Å². The van der Waals surface area contributed by atoms with Crippen LogP contribution in [0.2, 0.25) is 0 Å². The molecule has 0 aliphatic heterocycles. The number of benzene rings is 2. The molecule has 0 spiro atoms. The Bertz CT molecular complexity index is 968. The average Bonchev–Trinajstić information content (AvgIpc) is 3.07. The molecular weight excluding hydrogens is 386 g/mol. The smallest absolute Gasteiger partial charge is 0.230 e. The molecule has 27 heavy (non-hydrogen) atoms. The van der Waals surface area contributed by atoms with Crippen LogP contribution < -0.4 is 4.90 Å². The van der Waals surface area contributed by atoms with Crippen molar-refractivity contribution in [3.63, 3.8) is 0 Å². The van der Waals surface area contributed by atoms with E-state index in [4.69, 9.17) is 0 Å². The van der Waals surface area contributed by atoms with Crippen LogP contribution >= 0.6 is 23.1 Å². The minimum absolute atomic E-state index is 0.110. The highest BCUT2D eigenvalue weighted by atomic mass is 32.2.